The molecule has 0 heterocycles. The molecule has 184 valence electrons. The Labute approximate surface area is 214 Å². The third-order valence-electron chi connectivity index (χ3n) is 5.91. The van der Waals surface area contributed by atoms with Crippen molar-refractivity contribution in [3.63, 3.8) is 0 Å². The maximum atomic E-state index is 13.6. The maximum Gasteiger partial charge on any atom is 0.243 e. The minimum Gasteiger partial charge on any atom is -0.354 e. The van der Waals surface area contributed by atoms with Crippen molar-refractivity contribution in [2.24, 2.45) is 0 Å². The van der Waals surface area contributed by atoms with Gasteiger partial charge >= 0.3 is 0 Å². The van der Waals surface area contributed by atoms with E-state index in [0.29, 0.717) is 25.3 Å². The van der Waals surface area contributed by atoms with Crippen LogP contribution in [-0.2, 0) is 28.3 Å². The van der Waals surface area contributed by atoms with Gasteiger partial charge in [-0.25, -0.2) is 0 Å². The molecule has 0 saturated heterocycles. The molecule has 1 atom stereocenters. The smallest absolute Gasteiger partial charge is 0.243 e. The van der Waals surface area contributed by atoms with Gasteiger partial charge in [-0.05, 0) is 37.0 Å². The van der Waals surface area contributed by atoms with Crippen molar-refractivity contribution in [3.8, 4) is 0 Å². The lowest BCUT2D eigenvalue weighted by molar-refractivity contribution is -0.139. The number of amides is 2. The SMILES string of the molecule is CCCNC(=O)C(Cc1ccccc1)N(Cc1ccc(C)cc1)C(=O)CSCc1ccc(C)cc1. The first-order valence-electron chi connectivity index (χ1n) is 12.3. The molecular formula is C30H36N2O2S. The van der Waals surface area contributed by atoms with E-state index in [0.717, 1.165) is 23.3 Å². The van der Waals surface area contributed by atoms with E-state index in [4.69, 9.17) is 0 Å². The van der Waals surface area contributed by atoms with E-state index in [1.54, 1.807) is 16.7 Å². The zero-order chi connectivity index (χ0) is 25.0. The fourth-order valence-electron chi connectivity index (χ4n) is 3.83. The summed E-state index contributed by atoms with van der Waals surface area (Å²) in [6.07, 6.45) is 1.33. The molecule has 3 aromatic rings. The molecule has 3 aromatic carbocycles. The highest BCUT2D eigenvalue weighted by Crippen LogP contribution is 2.19. The van der Waals surface area contributed by atoms with Crippen LogP contribution in [0.25, 0.3) is 0 Å². The van der Waals surface area contributed by atoms with Gasteiger partial charge in [0, 0.05) is 25.3 Å². The standard InChI is InChI=1S/C30H36N2O2S/c1-4-18-31-30(34)28(19-25-8-6-5-7-9-25)32(20-26-14-10-23(2)11-15-26)29(33)22-35-21-27-16-12-24(3)13-17-27/h5-17,28H,4,18-22H2,1-3H3,(H,31,34). The van der Waals surface area contributed by atoms with E-state index in [9.17, 15) is 9.59 Å². The normalized spacial score (nSPS) is 11.6. The van der Waals surface area contributed by atoms with Gasteiger partial charge in [-0.3, -0.25) is 9.59 Å². The molecule has 2 amide bonds. The van der Waals surface area contributed by atoms with Crippen molar-refractivity contribution >= 4 is 23.6 Å². The van der Waals surface area contributed by atoms with E-state index in [1.165, 1.54) is 16.7 Å². The number of carbonyl (C=O) groups is 2. The van der Waals surface area contributed by atoms with E-state index >= 15 is 0 Å². The summed E-state index contributed by atoms with van der Waals surface area (Å²) in [6, 6.07) is 25.9. The highest BCUT2D eigenvalue weighted by atomic mass is 32.2. The Hall–Kier alpha value is -3.05. The van der Waals surface area contributed by atoms with Crippen molar-refractivity contribution in [2.75, 3.05) is 12.3 Å². The van der Waals surface area contributed by atoms with E-state index in [2.05, 4.69) is 36.5 Å². The summed E-state index contributed by atoms with van der Waals surface area (Å²) in [4.78, 5) is 28.7. The topological polar surface area (TPSA) is 49.4 Å². The summed E-state index contributed by atoms with van der Waals surface area (Å²) in [7, 11) is 0. The molecule has 0 aromatic heterocycles. The highest BCUT2D eigenvalue weighted by Gasteiger charge is 2.30. The van der Waals surface area contributed by atoms with Gasteiger partial charge in [0.1, 0.15) is 6.04 Å². The predicted molar refractivity (Wildman–Crippen MR) is 146 cm³/mol. The second-order valence-electron chi connectivity index (χ2n) is 8.98. The number of benzene rings is 3. The van der Waals surface area contributed by atoms with Crippen molar-refractivity contribution < 1.29 is 9.59 Å². The first-order valence-corrected chi connectivity index (χ1v) is 13.4. The van der Waals surface area contributed by atoms with Crippen molar-refractivity contribution in [3.05, 3.63) is 107 Å². The average Bonchev–Trinajstić information content (AvgIpc) is 2.87. The number of hydrogen-bond donors (Lipinski definition) is 1. The molecule has 1 unspecified atom stereocenters. The van der Waals surface area contributed by atoms with Gasteiger partial charge in [0.25, 0.3) is 0 Å². The van der Waals surface area contributed by atoms with E-state index in [1.807, 2.05) is 68.4 Å². The largest absolute Gasteiger partial charge is 0.354 e. The molecule has 0 fully saturated rings. The van der Waals surface area contributed by atoms with E-state index < -0.39 is 6.04 Å². The zero-order valence-electron chi connectivity index (χ0n) is 21.0. The quantitative estimate of drug-likeness (QED) is 0.356. The monoisotopic (exact) mass is 488 g/mol. The highest BCUT2D eigenvalue weighted by molar-refractivity contribution is 7.99. The summed E-state index contributed by atoms with van der Waals surface area (Å²) in [5.41, 5.74) is 5.65. The third kappa shape index (κ3) is 8.59. The van der Waals surface area contributed by atoms with Gasteiger partial charge in [0.05, 0.1) is 5.75 Å². The summed E-state index contributed by atoms with van der Waals surface area (Å²) >= 11 is 1.59. The van der Waals surface area contributed by atoms with Gasteiger partial charge in [-0.1, -0.05) is 96.9 Å². The zero-order valence-corrected chi connectivity index (χ0v) is 21.8. The first-order chi connectivity index (χ1) is 17.0. The lowest BCUT2D eigenvalue weighted by Crippen LogP contribution is -2.51. The second kappa shape index (κ2) is 13.7. The van der Waals surface area contributed by atoms with Crippen LogP contribution in [0.1, 0.15) is 41.2 Å². The van der Waals surface area contributed by atoms with E-state index in [-0.39, 0.29) is 11.8 Å². The summed E-state index contributed by atoms with van der Waals surface area (Å²) in [5, 5.41) is 3.03. The Morgan fingerprint density at radius 2 is 1.43 bits per heavy atom. The number of hydrogen-bond acceptors (Lipinski definition) is 3. The van der Waals surface area contributed by atoms with Crippen LogP contribution in [-0.4, -0.2) is 35.1 Å². The second-order valence-corrected chi connectivity index (χ2v) is 9.97. The van der Waals surface area contributed by atoms with Crippen molar-refractivity contribution in [2.45, 2.75) is 52.0 Å². The fraction of sp³-hybridized carbons (Fsp3) is 0.333. The van der Waals surface area contributed by atoms with Crippen LogP contribution in [0.2, 0.25) is 0 Å². The Bertz CT molecular complexity index is 1070. The lowest BCUT2D eigenvalue weighted by atomic mass is 10.0. The van der Waals surface area contributed by atoms with Crippen LogP contribution in [0.5, 0.6) is 0 Å². The van der Waals surface area contributed by atoms with Crippen molar-refractivity contribution in [1.82, 2.24) is 10.2 Å². The molecule has 4 nitrogen and oxygen atoms in total. The van der Waals surface area contributed by atoms with Gasteiger partial charge in [0.15, 0.2) is 0 Å². The third-order valence-corrected chi connectivity index (χ3v) is 6.90. The first kappa shape index (κ1) is 26.6. The molecular weight excluding hydrogens is 452 g/mol. The van der Waals surface area contributed by atoms with Gasteiger partial charge in [-0.15, -0.1) is 11.8 Å². The minimum atomic E-state index is -0.572. The van der Waals surface area contributed by atoms with Crippen LogP contribution < -0.4 is 5.32 Å². The summed E-state index contributed by atoms with van der Waals surface area (Å²) in [6.45, 7) is 7.15. The van der Waals surface area contributed by atoms with Crippen LogP contribution in [0.15, 0.2) is 78.9 Å². The average molecular weight is 489 g/mol. The van der Waals surface area contributed by atoms with Crippen LogP contribution in [0.3, 0.4) is 0 Å². The Morgan fingerprint density at radius 1 is 0.829 bits per heavy atom. The van der Waals surface area contributed by atoms with Crippen LogP contribution in [0.4, 0.5) is 0 Å². The number of nitrogens with zero attached hydrogens (tertiary/aromatic N) is 1. The summed E-state index contributed by atoms with van der Waals surface area (Å²) < 4.78 is 0. The molecule has 0 aliphatic carbocycles. The molecule has 0 aliphatic heterocycles. The molecule has 35 heavy (non-hydrogen) atoms. The lowest BCUT2D eigenvalue weighted by Gasteiger charge is -2.31. The number of thioether (sulfide) groups is 1. The fourth-order valence-corrected chi connectivity index (χ4v) is 4.70. The minimum absolute atomic E-state index is 0.0183. The van der Waals surface area contributed by atoms with Gasteiger partial charge in [0.2, 0.25) is 11.8 Å². The number of aryl methyl sites for hydroxylation is 2. The molecule has 0 spiro atoms. The number of carbonyl (C=O) groups excluding carboxylic acids is 2. The van der Waals surface area contributed by atoms with Crippen molar-refractivity contribution in [1.29, 1.82) is 0 Å². The Balaban J connectivity index is 1.81. The molecule has 5 heteroatoms. The molecule has 0 radical (unpaired) electrons. The van der Waals surface area contributed by atoms with Gasteiger partial charge in [-0.2, -0.15) is 0 Å². The molecule has 3 rings (SSSR count). The Kier molecular flexibility index (Phi) is 10.4. The number of nitrogens with one attached hydrogen (secondary N) is 1. The molecule has 1 N–H and O–H groups in total. The maximum absolute atomic E-state index is 13.6. The van der Waals surface area contributed by atoms with Gasteiger partial charge < -0.3 is 10.2 Å². The van der Waals surface area contributed by atoms with Crippen LogP contribution >= 0.6 is 11.8 Å². The number of rotatable bonds is 12. The predicted octanol–water partition coefficient (Wildman–Crippen LogP) is 5.70. The Morgan fingerprint density at radius 3 is 2.03 bits per heavy atom. The summed E-state index contributed by atoms with van der Waals surface area (Å²) in [5.74, 6) is 0.969. The van der Waals surface area contributed by atoms with Crippen LogP contribution in [0, 0.1) is 13.8 Å². The molecule has 0 saturated carbocycles. The molecule has 0 bridgehead atoms. The molecule has 0 aliphatic rings.